The molecule has 3 aromatic rings. The van der Waals surface area contributed by atoms with Crippen LogP contribution >= 0.6 is 23.1 Å². The molecule has 3 aromatic heterocycles. The first-order valence-corrected chi connectivity index (χ1v) is 14.7. The van der Waals surface area contributed by atoms with Crippen molar-refractivity contribution in [1.82, 2.24) is 24.8 Å². The topological polar surface area (TPSA) is 146 Å². The van der Waals surface area contributed by atoms with Crippen molar-refractivity contribution in [3.63, 3.8) is 0 Å². The molecule has 0 unspecified atom stereocenters. The maximum atomic E-state index is 9.76. The predicted molar refractivity (Wildman–Crippen MR) is 155 cm³/mol. The van der Waals surface area contributed by atoms with E-state index in [1.165, 1.54) is 16.2 Å². The van der Waals surface area contributed by atoms with Gasteiger partial charge in [0.2, 0.25) is 11.9 Å². The number of nitriles is 1. The molecule has 0 amide bonds. The molecule has 0 bridgehead atoms. The number of ether oxygens (including phenoxy) is 1. The minimum Gasteiger partial charge on any atom is -0.461 e. The molecule has 13 heteroatoms. The summed E-state index contributed by atoms with van der Waals surface area (Å²) in [6.07, 6.45) is 3.85. The van der Waals surface area contributed by atoms with Crippen molar-refractivity contribution < 1.29 is 4.74 Å². The van der Waals surface area contributed by atoms with E-state index in [0.717, 1.165) is 29.7 Å². The molecule has 5 heterocycles. The number of rotatable bonds is 8. The van der Waals surface area contributed by atoms with Gasteiger partial charge < -0.3 is 30.9 Å². The minimum atomic E-state index is -0.172. The van der Waals surface area contributed by atoms with Gasteiger partial charge in [0.1, 0.15) is 23.5 Å². The molecule has 6 rings (SSSR count). The Balaban J connectivity index is 1.30. The Morgan fingerprint density at radius 3 is 2.64 bits per heavy atom. The van der Waals surface area contributed by atoms with E-state index < -0.39 is 0 Å². The number of anilines is 4. The molecule has 3 aliphatic rings. The summed E-state index contributed by atoms with van der Waals surface area (Å²) in [6.45, 7) is 3.94. The Bertz CT molecular complexity index is 1460. The molecule has 2 fully saturated rings. The van der Waals surface area contributed by atoms with E-state index >= 15 is 0 Å². The van der Waals surface area contributed by atoms with Crippen LogP contribution in [0.5, 0.6) is 6.01 Å². The van der Waals surface area contributed by atoms with Crippen molar-refractivity contribution in [2.45, 2.75) is 41.8 Å². The van der Waals surface area contributed by atoms with Gasteiger partial charge in [0.25, 0.3) is 0 Å². The van der Waals surface area contributed by atoms with E-state index in [4.69, 9.17) is 31.2 Å². The third-order valence-corrected chi connectivity index (χ3v) is 10.9. The highest BCUT2D eigenvalue weighted by atomic mass is 32.2. The quantitative estimate of drug-likeness (QED) is 0.414. The van der Waals surface area contributed by atoms with Gasteiger partial charge in [0, 0.05) is 48.1 Å². The Hall–Kier alpha value is -3.34. The van der Waals surface area contributed by atoms with Crippen molar-refractivity contribution in [2.75, 3.05) is 62.1 Å². The normalized spacial score (nSPS) is 18.9. The summed E-state index contributed by atoms with van der Waals surface area (Å²) < 4.78 is 6.04. The number of pyridine rings is 1. The Labute approximate surface area is 236 Å². The van der Waals surface area contributed by atoms with Gasteiger partial charge in [-0.3, -0.25) is 0 Å². The molecule has 1 saturated heterocycles. The summed E-state index contributed by atoms with van der Waals surface area (Å²) >= 11 is 3.40. The number of nitrogens with two attached hydrogens (primary N) is 2. The number of aromatic nitrogens is 4. The number of hydrogen-bond donors (Lipinski definition) is 2. The summed E-state index contributed by atoms with van der Waals surface area (Å²) in [5.41, 5.74) is 15.0. The van der Waals surface area contributed by atoms with Gasteiger partial charge in [-0.25, -0.2) is 4.98 Å². The standard InChI is InChI=1S/C26H32N10OS2/c1-15(16-6-5-9-30-20(16)28)35(4)22-31-23(33-24(32-22)37-14-25(7-8-25)34(2)3)36-12-26(13-36)19-17(10-27)21(29)39-18(19)11-38-26/h5-6,9,15H,7-8,11-14,29H2,1-4H3,(H2,28,30)/t15-/m1/s1. The van der Waals surface area contributed by atoms with Gasteiger partial charge in [-0.1, -0.05) is 6.07 Å². The summed E-state index contributed by atoms with van der Waals surface area (Å²) in [6, 6.07) is 6.35. The number of thioether (sulfide) groups is 1. The van der Waals surface area contributed by atoms with E-state index in [0.29, 0.717) is 54.0 Å². The van der Waals surface area contributed by atoms with Crippen LogP contribution in [0.25, 0.3) is 0 Å². The van der Waals surface area contributed by atoms with E-state index in [1.807, 2.05) is 42.8 Å². The van der Waals surface area contributed by atoms with Crippen LogP contribution < -0.4 is 26.0 Å². The SMILES string of the molecule is C[C@H](c1cccnc1N)N(C)c1nc(OCC2(N(C)C)CC2)nc(N2CC3(C2)SCc2sc(N)c(C#N)c23)n1. The number of nitrogens with zero attached hydrogens (tertiary/aromatic N) is 8. The first kappa shape index (κ1) is 25.9. The van der Waals surface area contributed by atoms with Gasteiger partial charge in [-0.15, -0.1) is 23.1 Å². The molecule has 4 N–H and O–H groups in total. The molecule has 0 aromatic carbocycles. The molecule has 1 spiro atoms. The van der Waals surface area contributed by atoms with E-state index in [2.05, 4.69) is 34.9 Å². The molecule has 39 heavy (non-hydrogen) atoms. The van der Waals surface area contributed by atoms with Crippen molar-refractivity contribution in [3.8, 4) is 12.1 Å². The molecular formula is C26H32N10OS2. The van der Waals surface area contributed by atoms with Crippen molar-refractivity contribution >= 4 is 45.8 Å². The number of fused-ring (bicyclic) bond motifs is 2. The average molecular weight is 565 g/mol. The van der Waals surface area contributed by atoms with E-state index in [1.54, 1.807) is 6.20 Å². The monoisotopic (exact) mass is 564 g/mol. The zero-order chi connectivity index (χ0) is 27.5. The number of likely N-dealkylation sites (N-methyl/N-ethyl adjacent to an activating group) is 1. The first-order chi connectivity index (χ1) is 18.7. The van der Waals surface area contributed by atoms with Gasteiger partial charge in [0.05, 0.1) is 21.9 Å². The van der Waals surface area contributed by atoms with Gasteiger partial charge in [0.15, 0.2) is 0 Å². The van der Waals surface area contributed by atoms with Gasteiger partial charge >= 0.3 is 6.01 Å². The van der Waals surface area contributed by atoms with Crippen molar-refractivity contribution in [1.29, 1.82) is 5.26 Å². The Morgan fingerprint density at radius 1 is 1.21 bits per heavy atom. The molecule has 1 atom stereocenters. The molecule has 0 radical (unpaired) electrons. The van der Waals surface area contributed by atoms with E-state index in [9.17, 15) is 5.26 Å². The lowest BCUT2D eigenvalue weighted by Crippen LogP contribution is -2.57. The molecule has 1 aliphatic carbocycles. The third kappa shape index (κ3) is 4.31. The maximum Gasteiger partial charge on any atom is 0.323 e. The molecule has 11 nitrogen and oxygen atoms in total. The van der Waals surface area contributed by atoms with Crippen LogP contribution in [0.1, 0.15) is 47.4 Å². The summed E-state index contributed by atoms with van der Waals surface area (Å²) in [7, 11) is 6.09. The van der Waals surface area contributed by atoms with Crippen LogP contribution in [0.4, 0.5) is 22.7 Å². The second-order valence-corrected chi connectivity index (χ2v) is 13.3. The smallest absolute Gasteiger partial charge is 0.323 e. The van der Waals surface area contributed by atoms with Crippen molar-refractivity contribution in [3.05, 3.63) is 39.9 Å². The zero-order valence-corrected chi connectivity index (χ0v) is 24.1. The van der Waals surface area contributed by atoms with Crippen LogP contribution in [0.15, 0.2) is 18.3 Å². The van der Waals surface area contributed by atoms with Crippen LogP contribution in [0.3, 0.4) is 0 Å². The maximum absolute atomic E-state index is 9.76. The summed E-state index contributed by atoms with van der Waals surface area (Å²) in [5, 5.41) is 10.4. The number of hydrogen-bond acceptors (Lipinski definition) is 13. The lowest BCUT2D eigenvalue weighted by molar-refractivity contribution is 0.158. The van der Waals surface area contributed by atoms with Crippen LogP contribution in [-0.4, -0.2) is 71.2 Å². The zero-order valence-electron chi connectivity index (χ0n) is 22.5. The lowest BCUT2D eigenvalue weighted by atomic mass is 9.88. The minimum absolute atomic E-state index is 0.0284. The highest BCUT2D eigenvalue weighted by Crippen LogP contribution is 2.57. The lowest BCUT2D eigenvalue weighted by Gasteiger charge is -2.47. The first-order valence-electron chi connectivity index (χ1n) is 12.9. The Morgan fingerprint density at radius 2 is 1.97 bits per heavy atom. The molecule has 1 saturated carbocycles. The second-order valence-electron chi connectivity index (χ2n) is 10.8. The average Bonchev–Trinajstić information content (AvgIpc) is 3.52. The number of nitrogen functional groups attached to an aromatic ring is 2. The molecular weight excluding hydrogens is 532 g/mol. The summed E-state index contributed by atoms with van der Waals surface area (Å²) in [5.74, 6) is 2.41. The molecule has 2 aliphatic heterocycles. The van der Waals surface area contributed by atoms with Crippen LogP contribution in [0, 0.1) is 11.3 Å². The summed E-state index contributed by atoms with van der Waals surface area (Å²) in [4.78, 5) is 26.1. The van der Waals surface area contributed by atoms with Crippen LogP contribution in [0.2, 0.25) is 0 Å². The molecule has 204 valence electrons. The van der Waals surface area contributed by atoms with Gasteiger partial charge in [-0.05, 0) is 39.9 Å². The van der Waals surface area contributed by atoms with Gasteiger partial charge in [-0.2, -0.15) is 20.2 Å². The third-order valence-electron chi connectivity index (χ3n) is 8.29. The fraction of sp³-hybridized carbons (Fsp3) is 0.500. The van der Waals surface area contributed by atoms with Crippen LogP contribution in [-0.2, 0) is 10.5 Å². The Kier molecular flexibility index (Phi) is 6.24. The number of thiophene rings is 1. The second kappa shape index (κ2) is 9.39. The largest absolute Gasteiger partial charge is 0.461 e. The fourth-order valence-corrected chi connectivity index (χ4v) is 8.16. The predicted octanol–water partition coefficient (Wildman–Crippen LogP) is 3.00. The highest BCUT2D eigenvalue weighted by Gasteiger charge is 2.53. The van der Waals surface area contributed by atoms with E-state index in [-0.39, 0.29) is 16.3 Å². The van der Waals surface area contributed by atoms with Crippen molar-refractivity contribution in [2.24, 2.45) is 0 Å². The fourth-order valence-electron chi connectivity index (χ4n) is 5.36. The highest BCUT2D eigenvalue weighted by molar-refractivity contribution is 8.00.